The molecule has 0 aromatic heterocycles. The van der Waals surface area contributed by atoms with Crippen LogP contribution in [0.2, 0.25) is 0 Å². The summed E-state index contributed by atoms with van der Waals surface area (Å²) in [5.41, 5.74) is 0. The Balaban J connectivity index is 1.89. The van der Waals surface area contributed by atoms with Crippen molar-refractivity contribution in [1.29, 1.82) is 0 Å². The minimum absolute atomic E-state index is 0.493. The molecule has 0 radical (unpaired) electrons. The smallest absolute Gasteiger partial charge is 0.00786 e. The van der Waals surface area contributed by atoms with Crippen molar-refractivity contribution in [2.24, 2.45) is 11.8 Å². The quantitative estimate of drug-likeness (QED) is 0.457. The molecule has 0 heterocycles. The number of hydrogen-bond donors (Lipinski definition) is 0. The third-order valence-electron chi connectivity index (χ3n) is 6.08. The van der Waals surface area contributed by atoms with E-state index in [9.17, 15) is 0 Å². The molecule has 0 aromatic carbocycles. The van der Waals surface area contributed by atoms with Crippen LogP contribution in [0, 0.1) is 11.8 Å². The highest BCUT2D eigenvalue weighted by atomic mass is 32.3. The highest BCUT2D eigenvalue weighted by molar-refractivity contribution is 8.36. The summed E-state index contributed by atoms with van der Waals surface area (Å²) in [6.45, 7) is 4.66. The van der Waals surface area contributed by atoms with Gasteiger partial charge in [-0.3, -0.25) is 0 Å². The topological polar surface area (TPSA) is 0 Å². The van der Waals surface area contributed by atoms with Crippen molar-refractivity contribution in [3.8, 4) is 0 Å². The van der Waals surface area contributed by atoms with E-state index in [0.29, 0.717) is 0 Å². The molecule has 0 amide bonds. The van der Waals surface area contributed by atoms with Gasteiger partial charge in [0.25, 0.3) is 0 Å². The van der Waals surface area contributed by atoms with E-state index >= 15 is 0 Å². The molecule has 1 saturated carbocycles. The minimum atomic E-state index is -0.493. The number of allylic oxidation sites excluding steroid dienone is 2. The fourth-order valence-corrected chi connectivity index (χ4v) is 7.52. The first-order valence-corrected chi connectivity index (χ1v) is 12.0. The molecule has 0 aliphatic heterocycles. The number of hydrogen-bond acceptors (Lipinski definition) is 0. The lowest BCUT2D eigenvalue weighted by atomic mass is 10.0. The maximum absolute atomic E-state index is 2.73. The van der Waals surface area contributed by atoms with Crippen molar-refractivity contribution in [3.05, 3.63) is 11.0 Å². The normalized spacial score (nSPS) is 30.7. The Bertz CT molecular complexity index is 342. The lowest BCUT2D eigenvalue weighted by Crippen LogP contribution is -2.15. The van der Waals surface area contributed by atoms with Gasteiger partial charge in [-0.15, -0.1) is 0 Å². The summed E-state index contributed by atoms with van der Waals surface area (Å²) in [7, 11) is -0.493. The molecule has 0 bridgehead atoms. The summed E-state index contributed by atoms with van der Waals surface area (Å²) < 4.78 is 0. The van der Waals surface area contributed by atoms with E-state index in [1.165, 1.54) is 64.2 Å². The van der Waals surface area contributed by atoms with Crippen LogP contribution in [0.4, 0.5) is 0 Å². The van der Waals surface area contributed by atoms with Crippen molar-refractivity contribution in [2.75, 3.05) is 12.5 Å². The van der Waals surface area contributed by atoms with Crippen LogP contribution < -0.4 is 0 Å². The average Bonchev–Trinajstić information content (AvgIpc) is 3.12. The Morgan fingerprint density at radius 1 is 1.00 bits per heavy atom. The molecule has 124 valence electrons. The highest BCUT2D eigenvalue weighted by Gasteiger charge is 2.36. The molecule has 1 fully saturated rings. The molecule has 1 heteroatoms. The third-order valence-corrected chi connectivity index (χ3v) is 9.87. The first-order chi connectivity index (χ1) is 10.1. The molecule has 0 spiro atoms. The molecular formula is C20H38S. The van der Waals surface area contributed by atoms with Gasteiger partial charge in [0.15, 0.2) is 0 Å². The first-order valence-electron chi connectivity index (χ1n) is 9.50. The van der Waals surface area contributed by atoms with Gasteiger partial charge in [0.1, 0.15) is 0 Å². The van der Waals surface area contributed by atoms with Crippen LogP contribution in [-0.4, -0.2) is 17.8 Å². The van der Waals surface area contributed by atoms with Crippen molar-refractivity contribution in [1.82, 2.24) is 0 Å². The van der Waals surface area contributed by atoms with Gasteiger partial charge in [0.05, 0.1) is 0 Å². The van der Waals surface area contributed by atoms with Gasteiger partial charge in [-0.1, -0.05) is 52.0 Å². The number of rotatable bonds is 8. The van der Waals surface area contributed by atoms with Crippen LogP contribution >= 0.6 is 10.0 Å². The lowest BCUT2D eigenvalue weighted by molar-refractivity contribution is 0.481. The molecule has 3 atom stereocenters. The van der Waals surface area contributed by atoms with Gasteiger partial charge in [-0.2, -0.15) is 0 Å². The standard InChI is InChI=1S/C20H38S/c1-5-7-9-17-11-13-19(15-17)21(3,4)20-14-12-18(16-20)10-8-6-2/h15,17-18,20H,5-14,16H2,1-4H3. The highest BCUT2D eigenvalue weighted by Crippen LogP contribution is 2.62. The second-order valence-corrected chi connectivity index (χ2v) is 11.9. The molecule has 21 heavy (non-hydrogen) atoms. The van der Waals surface area contributed by atoms with Crippen LogP contribution in [0.25, 0.3) is 0 Å². The van der Waals surface area contributed by atoms with Gasteiger partial charge in [0, 0.05) is 0 Å². The van der Waals surface area contributed by atoms with Crippen molar-refractivity contribution in [2.45, 2.75) is 89.7 Å². The molecule has 0 N–H and O–H groups in total. The summed E-state index contributed by atoms with van der Waals surface area (Å²) in [5, 5.41) is 1.04. The summed E-state index contributed by atoms with van der Waals surface area (Å²) >= 11 is 0. The summed E-state index contributed by atoms with van der Waals surface area (Å²) in [6.07, 6.45) is 24.0. The van der Waals surface area contributed by atoms with Gasteiger partial charge < -0.3 is 0 Å². The second kappa shape index (κ2) is 8.09. The lowest BCUT2D eigenvalue weighted by Gasteiger charge is -2.40. The molecule has 2 aliphatic carbocycles. The summed E-state index contributed by atoms with van der Waals surface area (Å²) in [5.74, 6) is 1.98. The molecule has 2 aliphatic rings. The van der Waals surface area contributed by atoms with Gasteiger partial charge in [-0.25, -0.2) is 10.0 Å². The predicted octanol–water partition coefficient (Wildman–Crippen LogP) is 6.89. The molecule has 0 aromatic rings. The van der Waals surface area contributed by atoms with E-state index in [0.717, 1.165) is 17.1 Å². The van der Waals surface area contributed by atoms with E-state index in [1.54, 1.807) is 6.42 Å². The van der Waals surface area contributed by atoms with E-state index in [4.69, 9.17) is 0 Å². The Labute approximate surface area is 135 Å². The van der Waals surface area contributed by atoms with Gasteiger partial charge in [-0.05, 0) is 73.0 Å². The van der Waals surface area contributed by atoms with Crippen LogP contribution in [-0.2, 0) is 0 Å². The second-order valence-electron chi connectivity index (χ2n) is 7.92. The SMILES string of the molecule is CCCCC1C=C(S(C)(C)C2CCC(CCCC)C2)CC1. The van der Waals surface area contributed by atoms with Crippen LogP contribution in [0.1, 0.15) is 84.5 Å². The Morgan fingerprint density at radius 2 is 1.71 bits per heavy atom. The van der Waals surface area contributed by atoms with E-state index in [1.807, 2.05) is 4.91 Å². The third kappa shape index (κ3) is 4.53. The van der Waals surface area contributed by atoms with Crippen LogP contribution in [0.3, 0.4) is 0 Å². The zero-order valence-electron chi connectivity index (χ0n) is 15.0. The van der Waals surface area contributed by atoms with Crippen molar-refractivity contribution in [3.63, 3.8) is 0 Å². The summed E-state index contributed by atoms with van der Waals surface area (Å²) in [6, 6.07) is 0. The zero-order valence-corrected chi connectivity index (χ0v) is 15.8. The van der Waals surface area contributed by atoms with Crippen LogP contribution in [0.15, 0.2) is 11.0 Å². The molecular weight excluding hydrogens is 272 g/mol. The maximum Gasteiger partial charge on any atom is -0.00786 e. The van der Waals surface area contributed by atoms with Gasteiger partial charge >= 0.3 is 0 Å². The Morgan fingerprint density at radius 3 is 2.43 bits per heavy atom. The predicted molar refractivity (Wildman–Crippen MR) is 100 cm³/mol. The van der Waals surface area contributed by atoms with E-state index in [-0.39, 0.29) is 0 Å². The van der Waals surface area contributed by atoms with E-state index in [2.05, 4.69) is 32.4 Å². The minimum Gasteiger partial charge on any atom is -0.221 e. The molecule has 3 unspecified atom stereocenters. The van der Waals surface area contributed by atoms with Crippen molar-refractivity contribution < 1.29 is 0 Å². The monoisotopic (exact) mass is 310 g/mol. The largest absolute Gasteiger partial charge is 0.221 e. The zero-order chi connectivity index (χ0) is 15.3. The maximum atomic E-state index is 2.73. The molecule has 0 saturated heterocycles. The van der Waals surface area contributed by atoms with Crippen molar-refractivity contribution >= 4 is 10.0 Å². The van der Waals surface area contributed by atoms with Crippen LogP contribution in [0.5, 0.6) is 0 Å². The number of unbranched alkanes of at least 4 members (excludes halogenated alkanes) is 2. The molecule has 0 nitrogen and oxygen atoms in total. The first kappa shape index (κ1) is 17.4. The van der Waals surface area contributed by atoms with E-state index < -0.39 is 10.0 Å². The molecule has 2 rings (SSSR count). The Kier molecular flexibility index (Phi) is 6.72. The fraction of sp³-hybridized carbons (Fsp3) is 0.900. The fourth-order valence-electron chi connectivity index (χ4n) is 4.42. The Hall–Kier alpha value is 0.0900. The summed E-state index contributed by atoms with van der Waals surface area (Å²) in [4.78, 5) is 1.89. The van der Waals surface area contributed by atoms with Gasteiger partial charge in [0.2, 0.25) is 0 Å². The average molecular weight is 311 g/mol.